The Labute approximate surface area is 159 Å². The van der Waals surface area contributed by atoms with Crippen LogP contribution in [0.4, 0.5) is 0 Å². The minimum absolute atomic E-state index is 0.0197. The maximum atomic E-state index is 13.3. The molecule has 0 unspecified atom stereocenters. The average Bonchev–Trinajstić information content (AvgIpc) is 2.68. The molecule has 2 heterocycles. The fraction of sp³-hybridized carbons (Fsp3) is 0.316. The van der Waals surface area contributed by atoms with Crippen LogP contribution in [-0.4, -0.2) is 54.8 Å². The predicted molar refractivity (Wildman–Crippen MR) is 93.5 cm³/mol. The van der Waals surface area contributed by atoms with Crippen molar-refractivity contribution in [2.45, 2.75) is 18.0 Å². The SMILES string of the molecule is COc1cc(O)c2c(c1)O[C@@H]1[C@H](O)Oc3cc(OC)c(OC)cc3[C@]1(O)C2=O. The molecule has 9 nitrogen and oxygen atoms in total. The Morgan fingerprint density at radius 1 is 0.964 bits per heavy atom. The molecule has 3 N–H and O–H groups in total. The van der Waals surface area contributed by atoms with Crippen LogP contribution < -0.4 is 23.7 Å². The molecule has 2 aromatic carbocycles. The van der Waals surface area contributed by atoms with Gasteiger partial charge in [0.2, 0.25) is 18.2 Å². The van der Waals surface area contributed by atoms with E-state index in [-0.39, 0.29) is 39.9 Å². The third-order valence-electron chi connectivity index (χ3n) is 4.93. The van der Waals surface area contributed by atoms with Crippen molar-refractivity contribution in [2.75, 3.05) is 21.3 Å². The molecule has 0 aromatic heterocycles. The summed E-state index contributed by atoms with van der Waals surface area (Å²) in [7, 11) is 4.20. The van der Waals surface area contributed by atoms with Gasteiger partial charge in [-0.25, -0.2) is 0 Å². The fourth-order valence-corrected chi connectivity index (χ4v) is 3.54. The van der Waals surface area contributed by atoms with Crippen molar-refractivity contribution in [3.05, 3.63) is 35.4 Å². The summed E-state index contributed by atoms with van der Waals surface area (Å²) >= 11 is 0. The molecule has 2 aliphatic rings. The number of aliphatic hydroxyl groups excluding tert-OH is 1. The first-order valence-electron chi connectivity index (χ1n) is 8.31. The van der Waals surface area contributed by atoms with Crippen LogP contribution in [0.2, 0.25) is 0 Å². The van der Waals surface area contributed by atoms with Gasteiger partial charge in [-0.3, -0.25) is 4.79 Å². The molecular weight excluding hydrogens is 372 g/mol. The molecule has 0 saturated carbocycles. The van der Waals surface area contributed by atoms with Crippen molar-refractivity contribution in [2.24, 2.45) is 0 Å². The van der Waals surface area contributed by atoms with E-state index in [0.717, 1.165) is 0 Å². The van der Waals surface area contributed by atoms with E-state index in [0.29, 0.717) is 0 Å². The van der Waals surface area contributed by atoms with Gasteiger partial charge in [-0.2, -0.15) is 0 Å². The molecule has 148 valence electrons. The van der Waals surface area contributed by atoms with Gasteiger partial charge in [-0.1, -0.05) is 0 Å². The van der Waals surface area contributed by atoms with E-state index < -0.39 is 29.5 Å². The van der Waals surface area contributed by atoms with E-state index in [1.807, 2.05) is 0 Å². The molecule has 0 spiro atoms. The second kappa shape index (κ2) is 6.18. The van der Waals surface area contributed by atoms with Gasteiger partial charge in [0.05, 0.1) is 21.3 Å². The first kappa shape index (κ1) is 18.2. The van der Waals surface area contributed by atoms with Crippen LogP contribution in [0, 0.1) is 0 Å². The van der Waals surface area contributed by atoms with E-state index in [9.17, 15) is 20.1 Å². The highest BCUT2D eigenvalue weighted by atomic mass is 16.6. The van der Waals surface area contributed by atoms with Crippen molar-refractivity contribution in [3.63, 3.8) is 0 Å². The number of phenolic OH excluding ortho intramolecular Hbond substituents is 1. The Balaban J connectivity index is 1.95. The summed E-state index contributed by atoms with van der Waals surface area (Å²) in [6.07, 6.45) is -3.15. The molecule has 2 aromatic rings. The smallest absolute Gasteiger partial charge is 0.238 e. The molecule has 0 aliphatic carbocycles. The normalized spacial score (nSPS) is 24.8. The lowest BCUT2D eigenvalue weighted by Crippen LogP contribution is -2.61. The van der Waals surface area contributed by atoms with Gasteiger partial charge in [-0.05, 0) is 6.07 Å². The molecule has 0 bridgehead atoms. The van der Waals surface area contributed by atoms with Crippen molar-refractivity contribution in [1.82, 2.24) is 0 Å². The van der Waals surface area contributed by atoms with Crippen LogP contribution in [0.1, 0.15) is 15.9 Å². The van der Waals surface area contributed by atoms with Crippen LogP contribution in [0.5, 0.6) is 34.5 Å². The molecule has 2 aliphatic heterocycles. The zero-order valence-electron chi connectivity index (χ0n) is 15.3. The molecular formula is C19H18O9. The molecule has 28 heavy (non-hydrogen) atoms. The molecule has 4 rings (SSSR count). The molecule has 0 radical (unpaired) electrons. The number of fused-ring (bicyclic) bond motifs is 4. The lowest BCUT2D eigenvalue weighted by molar-refractivity contribution is -0.179. The third kappa shape index (κ3) is 2.30. The van der Waals surface area contributed by atoms with E-state index in [1.165, 1.54) is 45.6 Å². The van der Waals surface area contributed by atoms with Crippen LogP contribution in [-0.2, 0) is 5.60 Å². The molecule has 0 fully saturated rings. The molecule has 0 saturated heterocycles. The number of aliphatic hydroxyl groups is 2. The Kier molecular flexibility index (Phi) is 4.02. The van der Waals surface area contributed by atoms with Gasteiger partial charge < -0.3 is 39.0 Å². The number of phenols is 1. The lowest BCUT2D eigenvalue weighted by atomic mass is 9.76. The number of hydrogen-bond donors (Lipinski definition) is 3. The third-order valence-corrected chi connectivity index (χ3v) is 4.93. The summed E-state index contributed by atoms with van der Waals surface area (Å²) in [5, 5.41) is 32.1. The van der Waals surface area contributed by atoms with Crippen molar-refractivity contribution >= 4 is 5.78 Å². The predicted octanol–water partition coefficient (Wildman–Crippen LogP) is 0.960. The Bertz CT molecular complexity index is 970. The zero-order valence-corrected chi connectivity index (χ0v) is 15.3. The van der Waals surface area contributed by atoms with Crippen LogP contribution in [0.3, 0.4) is 0 Å². The minimum atomic E-state index is -2.33. The number of carbonyl (C=O) groups excluding carboxylic acids is 1. The standard InChI is InChI=1S/C19H18O9/c1-24-8-4-10(20)15-14(5-8)27-17-18(22)28-11-7-13(26-3)12(25-2)6-9(11)19(17,23)16(15)21/h4-7,17-18,20,22-23H,1-3H3/t17-,18-,19+/m1/s1. The number of ketones is 1. The Morgan fingerprint density at radius 3 is 2.29 bits per heavy atom. The van der Waals surface area contributed by atoms with E-state index >= 15 is 0 Å². The van der Waals surface area contributed by atoms with Crippen molar-refractivity contribution in [3.8, 4) is 34.5 Å². The molecule has 9 heteroatoms. The quantitative estimate of drug-likeness (QED) is 0.703. The summed E-state index contributed by atoms with van der Waals surface area (Å²) in [5.74, 6) is -0.518. The van der Waals surface area contributed by atoms with Gasteiger partial charge in [-0.15, -0.1) is 0 Å². The van der Waals surface area contributed by atoms with Gasteiger partial charge >= 0.3 is 0 Å². The maximum Gasteiger partial charge on any atom is 0.238 e. The number of aromatic hydroxyl groups is 1. The summed E-state index contributed by atoms with van der Waals surface area (Å²) in [5.41, 5.74) is -2.54. The topological polar surface area (TPSA) is 124 Å². The van der Waals surface area contributed by atoms with E-state index in [1.54, 1.807) is 0 Å². The lowest BCUT2D eigenvalue weighted by Gasteiger charge is -2.45. The summed E-state index contributed by atoms with van der Waals surface area (Å²) < 4.78 is 26.6. The number of carbonyl (C=O) groups is 1. The highest BCUT2D eigenvalue weighted by Gasteiger charge is 2.60. The van der Waals surface area contributed by atoms with Gasteiger partial charge in [0.15, 0.2) is 17.1 Å². The average molecular weight is 390 g/mol. The van der Waals surface area contributed by atoms with Crippen LogP contribution in [0.15, 0.2) is 24.3 Å². The van der Waals surface area contributed by atoms with E-state index in [4.69, 9.17) is 23.7 Å². The fourth-order valence-electron chi connectivity index (χ4n) is 3.54. The highest BCUT2D eigenvalue weighted by Crippen LogP contribution is 2.52. The highest BCUT2D eigenvalue weighted by molar-refractivity contribution is 6.09. The van der Waals surface area contributed by atoms with E-state index in [2.05, 4.69) is 0 Å². The number of benzene rings is 2. The summed E-state index contributed by atoms with van der Waals surface area (Å²) in [6, 6.07) is 5.38. The maximum absolute atomic E-state index is 13.3. The number of hydrogen-bond acceptors (Lipinski definition) is 9. The first-order valence-corrected chi connectivity index (χ1v) is 8.31. The molecule has 0 amide bonds. The van der Waals surface area contributed by atoms with Crippen molar-refractivity contribution in [1.29, 1.82) is 0 Å². The minimum Gasteiger partial charge on any atom is -0.507 e. The van der Waals surface area contributed by atoms with Crippen LogP contribution >= 0.6 is 0 Å². The van der Waals surface area contributed by atoms with Gasteiger partial charge in [0.25, 0.3) is 0 Å². The number of Topliss-reactive ketones (excluding diaryl/α,β-unsaturated/α-hetero) is 1. The molecule has 3 atom stereocenters. The van der Waals surface area contributed by atoms with Gasteiger partial charge in [0.1, 0.15) is 28.6 Å². The second-order valence-corrected chi connectivity index (χ2v) is 6.37. The summed E-state index contributed by atoms with van der Waals surface area (Å²) in [6.45, 7) is 0. The largest absolute Gasteiger partial charge is 0.507 e. The zero-order chi connectivity index (χ0) is 20.2. The van der Waals surface area contributed by atoms with Gasteiger partial charge in [0, 0.05) is 23.8 Å². The van der Waals surface area contributed by atoms with Crippen LogP contribution in [0.25, 0.3) is 0 Å². The number of rotatable bonds is 3. The number of methoxy groups -OCH3 is 3. The monoisotopic (exact) mass is 390 g/mol. The first-order chi connectivity index (χ1) is 13.3. The number of ether oxygens (including phenoxy) is 5. The van der Waals surface area contributed by atoms with Crippen molar-refractivity contribution < 1.29 is 43.8 Å². The summed E-state index contributed by atoms with van der Waals surface area (Å²) in [4.78, 5) is 13.3. The Morgan fingerprint density at radius 2 is 1.64 bits per heavy atom. The Hall–Kier alpha value is -3.17. The second-order valence-electron chi connectivity index (χ2n) is 6.37.